The number of carbonyl (C=O) groups is 1. The van der Waals surface area contributed by atoms with Crippen LogP contribution in [0.25, 0.3) is 0 Å². The van der Waals surface area contributed by atoms with Gasteiger partial charge in [0, 0.05) is 38.9 Å². The van der Waals surface area contributed by atoms with Gasteiger partial charge in [-0.1, -0.05) is 41.9 Å². The minimum Gasteiger partial charge on any atom is -0.356 e. The summed E-state index contributed by atoms with van der Waals surface area (Å²) in [6.45, 7) is 4.40. The molecule has 0 spiro atoms. The number of nitrogens with one attached hydrogen (secondary N) is 1. The number of hydrogen-bond acceptors (Lipinski definition) is 2. The standard InChI is InChI=1S/C17H20ClN3O/c18-15-11-16(19-12-15)17(22)21-8-4-7-20(9-10-21)13-14-5-2-1-3-6-14/h1-3,5-6,11-12,19H,4,7-10,13H2. The van der Waals surface area contributed by atoms with Gasteiger partial charge in [-0.05, 0) is 18.1 Å². The average Bonchev–Trinajstić information content (AvgIpc) is 2.83. The molecule has 5 heteroatoms. The van der Waals surface area contributed by atoms with Crippen LogP contribution in [-0.4, -0.2) is 46.9 Å². The zero-order valence-electron chi connectivity index (χ0n) is 12.5. The number of H-pyrrole nitrogens is 1. The number of aromatic nitrogens is 1. The molecule has 1 amide bonds. The van der Waals surface area contributed by atoms with E-state index in [1.165, 1.54) is 5.56 Å². The molecule has 0 bridgehead atoms. The summed E-state index contributed by atoms with van der Waals surface area (Å²) in [5.74, 6) is 0.0356. The normalized spacial score (nSPS) is 16.5. The molecule has 1 saturated heterocycles. The first kappa shape index (κ1) is 15.1. The molecular formula is C17H20ClN3O. The van der Waals surface area contributed by atoms with E-state index in [0.717, 1.165) is 39.1 Å². The third-order valence-corrected chi connectivity index (χ3v) is 4.22. The van der Waals surface area contributed by atoms with Gasteiger partial charge in [0.15, 0.2) is 0 Å². The van der Waals surface area contributed by atoms with Crippen molar-refractivity contribution >= 4 is 17.5 Å². The van der Waals surface area contributed by atoms with E-state index in [1.807, 2.05) is 11.0 Å². The highest BCUT2D eigenvalue weighted by molar-refractivity contribution is 6.30. The van der Waals surface area contributed by atoms with E-state index in [9.17, 15) is 4.79 Å². The van der Waals surface area contributed by atoms with Gasteiger partial charge in [-0.15, -0.1) is 0 Å². The van der Waals surface area contributed by atoms with Gasteiger partial charge in [0.2, 0.25) is 0 Å². The summed E-state index contributed by atoms with van der Waals surface area (Å²) in [7, 11) is 0. The van der Waals surface area contributed by atoms with Crippen LogP contribution < -0.4 is 0 Å². The Hall–Kier alpha value is -1.78. The number of rotatable bonds is 3. The van der Waals surface area contributed by atoms with Crippen molar-refractivity contribution < 1.29 is 4.79 Å². The highest BCUT2D eigenvalue weighted by atomic mass is 35.5. The second-order valence-corrected chi connectivity index (χ2v) is 6.08. The SMILES string of the molecule is O=C(c1cc(Cl)c[nH]1)N1CCCN(Cc2ccccc2)CC1. The number of amides is 1. The van der Waals surface area contributed by atoms with Crippen molar-refractivity contribution in [2.75, 3.05) is 26.2 Å². The summed E-state index contributed by atoms with van der Waals surface area (Å²) in [4.78, 5) is 19.7. The van der Waals surface area contributed by atoms with Gasteiger partial charge in [-0.3, -0.25) is 9.69 Å². The van der Waals surface area contributed by atoms with Gasteiger partial charge in [0.25, 0.3) is 5.91 Å². The van der Waals surface area contributed by atoms with Crippen molar-refractivity contribution in [1.82, 2.24) is 14.8 Å². The number of aromatic amines is 1. The maximum atomic E-state index is 12.4. The Morgan fingerprint density at radius 2 is 1.95 bits per heavy atom. The summed E-state index contributed by atoms with van der Waals surface area (Å²) in [5, 5.41) is 0.573. The molecule has 1 aromatic heterocycles. The van der Waals surface area contributed by atoms with E-state index in [2.05, 4.69) is 34.1 Å². The Kier molecular flexibility index (Phi) is 4.80. The van der Waals surface area contributed by atoms with Crippen molar-refractivity contribution in [3.05, 3.63) is 58.9 Å². The molecule has 0 aliphatic carbocycles. The summed E-state index contributed by atoms with van der Waals surface area (Å²) in [6, 6.07) is 12.2. The lowest BCUT2D eigenvalue weighted by Crippen LogP contribution is -2.35. The van der Waals surface area contributed by atoms with Crippen LogP contribution in [0.15, 0.2) is 42.6 Å². The lowest BCUT2D eigenvalue weighted by Gasteiger charge is -2.21. The van der Waals surface area contributed by atoms with E-state index in [0.29, 0.717) is 10.7 Å². The van der Waals surface area contributed by atoms with Gasteiger partial charge < -0.3 is 9.88 Å². The zero-order valence-corrected chi connectivity index (χ0v) is 13.2. The monoisotopic (exact) mass is 317 g/mol. The fraction of sp³-hybridized carbons (Fsp3) is 0.353. The Bertz CT molecular complexity index is 626. The van der Waals surface area contributed by atoms with E-state index >= 15 is 0 Å². The molecular weight excluding hydrogens is 298 g/mol. The number of hydrogen-bond donors (Lipinski definition) is 1. The first-order valence-corrected chi connectivity index (χ1v) is 7.99. The molecule has 3 rings (SSSR count). The van der Waals surface area contributed by atoms with E-state index in [1.54, 1.807) is 12.3 Å². The second-order valence-electron chi connectivity index (χ2n) is 5.64. The topological polar surface area (TPSA) is 39.3 Å². The lowest BCUT2D eigenvalue weighted by atomic mass is 10.2. The quantitative estimate of drug-likeness (QED) is 0.945. The molecule has 0 unspecified atom stereocenters. The third kappa shape index (κ3) is 3.70. The first-order valence-electron chi connectivity index (χ1n) is 7.62. The summed E-state index contributed by atoms with van der Waals surface area (Å²) >= 11 is 5.88. The van der Waals surface area contributed by atoms with Crippen LogP contribution in [-0.2, 0) is 6.54 Å². The molecule has 0 saturated carbocycles. The van der Waals surface area contributed by atoms with Crippen molar-refractivity contribution in [3.63, 3.8) is 0 Å². The summed E-state index contributed by atoms with van der Waals surface area (Å²) in [5.41, 5.74) is 1.89. The van der Waals surface area contributed by atoms with Crippen molar-refractivity contribution in [2.24, 2.45) is 0 Å². The molecule has 1 N–H and O–H groups in total. The fourth-order valence-electron chi connectivity index (χ4n) is 2.84. The molecule has 0 atom stereocenters. The Labute approximate surface area is 135 Å². The smallest absolute Gasteiger partial charge is 0.270 e. The molecule has 1 aliphatic rings. The Morgan fingerprint density at radius 1 is 1.14 bits per heavy atom. The Morgan fingerprint density at radius 3 is 2.68 bits per heavy atom. The van der Waals surface area contributed by atoms with E-state index in [-0.39, 0.29) is 5.91 Å². The second kappa shape index (κ2) is 6.99. The minimum absolute atomic E-state index is 0.0356. The van der Waals surface area contributed by atoms with Crippen LogP contribution >= 0.6 is 11.6 Å². The maximum Gasteiger partial charge on any atom is 0.270 e. The molecule has 1 aliphatic heterocycles. The molecule has 22 heavy (non-hydrogen) atoms. The maximum absolute atomic E-state index is 12.4. The van der Waals surface area contributed by atoms with Crippen LogP contribution in [0.3, 0.4) is 0 Å². The number of nitrogens with zero attached hydrogens (tertiary/aromatic N) is 2. The number of benzene rings is 1. The van der Waals surface area contributed by atoms with E-state index in [4.69, 9.17) is 11.6 Å². The highest BCUT2D eigenvalue weighted by Crippen LogP contribution is 2.14. The third-order valence-electron chi connectivity index (χ3n) is 4.00. The van der Waals surface area contributed by atoms with Crippen LogP contribution in [0, 0.1) is 0 Å². The molecule has 2 aromatic rings. The van der Waals surface area contributed by atoms with Crippen molar-refractivity contribution in [3.8, 4) is 0 Å². The van der Waals surface area contributed by atoms with Gasteiger partial charge in [0.05, 0.1) is 5.02 Å². The molecule has 4 nitrogen and oxygen atoms in total. The predicted octanol–water partition coefficient (Wildman–Crippen LogP) is 3.02. The van der Waals surface area contributed by atoms with E-state index < -0.39 is 0 Å². The molecule has 2 heterocycles. The van der Waals surface area contributed by atoms with Crippen LogP contribution in [0.1, 0.15) is 22.5 Å². The van der Waals surface area contributed by atoms with Gasteiger partial charge in [-0.25, -0.2) is 0 Å². The first-order chi connectivity index (χ1) is 10.7. The average molecular weight is 318 g/mol. The largest absolute Gasteiger partial charge is 0.356 e. The Balaban J connectivity index is 1.59. The zero-order chi connectivity index (χ0) is 15.4. The molecule has 1 fully saturated rings. The van der Waals surface area contributed by atoms with Gasteiger partial charge >= 0.3 is 0 Å². The highest BCUT2D eigenvalue weighted by Gasteiger charge is 2.21. The molecule has 1 aromatic carbocycles. The van der Waals surface area contributed by atoms with Crippen LogP contribution in [0.4, 0.5) is 0 Å². The van der Waals surface area contributed by atoms with Gasteiger partial charge in [-0.2, -0.15) is 0 Å². The lowest BCUT2D eigenvalue weighted by molar-refractivity contribution is 0.0756. The number of halogens is 1. The molecule has 0 radical (unpaired) electrons. The molecule has 116 valence electrons. The van der Waals surface area contributed by atoms with Crippen molar-refractivity contribution in [2.45, 2.75) is 13.0 Å². The van der Waals surface area contributed by atoms with Gasteiger partial charge in [0.1, 0.15) is 5.69 Å². The fourth-order valence-corrected chi connectivity index (χ4v) is 3.00. The number of carbonyl (C=O) groups excluding carboxylic acids is 1. The summed E-state index contributed by atoms with van der Waals surface area (Å²) < 4.78 is 0. The minimum atomic E-state index is 0.0356. The van der Waals surface area contributed by atoms with Crippen LogP contribution in [0.2, 0.25) is 5.02 Å². The van der Waals surface area contributed by atoms with Crippen molar-refractivity contribution in [1.29, 1.82) is 0 Å². The predicted molar refractivity (Wildman–Crippen MR) is 88.0 cm³/mol. The van der Waals surface area contributed by atoms with Crippen LogP contribution in [0.5, 0.6) is 0 Å². The summed E-state index contributed by atoms with van der Waals surface area (Å²) in [6.07, 6.45) is 2.64.